The van der Waals surface area contributed by atoms with E-state index in [2.05, 4.69) is 32.3 Å². The van der Waals surface area contributed by atoms with Crippen LogP contribution in [-0.4, -0.2) is 21.9 Å². The summed E-state index contributed by atoms with van der Waals surface area (Å²) < 4.78 is 0. The first kappa shape index (κ1) is 17.6. The lowest BCUT2D eigenvalue weighted by atomic mass is 10.2. The van der Waals surface area contributed by atoms with Crippen molar-refractivity contribution in [3.8, 4) is 0 Å². The van der Waals surface area contributed by atoms with Crippen molar-refractivity contribution in [1.82, 2.24) is 15.3 Å². The van der Waals surface area contributed by atoms with E-state index in [1.54, 1.807) is 6.20 Å². The van der Waals surface area contributed by atoms with Gasteiger partial charge in [0.25, 0.3) is 5.91 Å². The summed E-state index contributed by atoms with van der Waals surface area (Å²) in [5.74, 6) is 0.481. The van der Waals surface area contributed by atoms with Crippen molar-refractivity contribution in [3.05, 3.63) is 84.3 Å². The Bertz CT molecular complexity index is 833. The first-order chi connectivity index (χ1) is 12.6. The van der Waals surface area contributed by atoms with Crippen LogP contribution in [0.5, 0.6) is 0 Å². The van der Waals surface area contributed by atoms with Crippen LogP contribution >= 0.6 is 0 Å². The van der Waals surface area contributed by atoms with Crippen LogP contribution in [0, 0.1) is 0 Å². The Kier molecular flexibility index (Phi) is 5.59. The Morgan fingerprint density at radius 2 is 1.62 bits per heavy atom. The second-order valence-electron chi connectivity index (χ2n) is 6.30. The lowest BCUT2D eigenvalue weighted by Gasteiger charge is -2.24. The van der Waals surface area contributed by atoms with Gasteiger partial charge >= 0.3 is 0 Å². The van der Waals surface area contributed by atoms with Gasteiger partial charge in [0.15, 0.2) is 5.82 Å². The third kappa shape index (κ3) is 4.45. The van der Waals surface area contributed by atoms with Crippen LogP contribution in [0.3, 0.4) is 0 Å². The molecule has 0 unspecified atom stereocenters. The fourth-order valence-corrected chi connectivity index (χ4v) is 2.59. The summed E-state index contributed by atoms with van der Waals surface area (Å²) >= 11 is 0. The molecule has 2 aromatic carbocycles. The number of nitrogens with zero attached hydrogens (tertiary/aromatic N) is 3. The molecule has 0 saturated heterocycles. The maximum absolute atomic E-state index is 12.1. The molecule has 5 heteroatoms. The first-order valence-electron chi connectivity index (χ1n) is 8.63. The Morgan fingerprint density at radius 1 is 0.962 bits per heavy atom. The molecular formula is C21H22N4O. The van der Waals surface area contributed by atoms with Crippen molar-refractivity contribution in [3.63, 3.8) is 0 Å². The minimum Gasteiger partial charge on any atom is -0.348 e. The molecule has 1 aromatic heterocycles. The van der Waals surface area contributed by atoms with Gasteiger partial charge in [0.2, 0.25) is 0 Å². The van der Waals surface area contributed by atoms with Crippen molar-refractivity contribution in [2.24, 2.45) is 0 Å². The standard InChI is InChI=1S/C21H22N4O/c1-16(2)24-21(26)19-13-23-20(14-22-19)25(18-11-7-4-8-12-18)15-17-9-5-3-6-10-17/h3-14,16H,15H2,1-2H3,(H,24,26). The molecule has 0 aliphatic heterocycles. The van der Waals surface area contributed by atoms with Crippen molar-refractivity contribution >= 4 is 17.4 Å². The van der Waals surface area contributed by atoms with Crippen LogP contribution in [0.15, 0.2) is 73.1 Å². The highest BCUT2D eigenvalue weighted by atomic mass is 16.1. The first-order valence-corrected chi connectivity index (χ1v) is 8.63. The molecule has 132 valence electrons. The van der Waals surface area contributed by atoms with Gasteiger partial charge in [-0.1, -0.05) is 48.5 Å². The van der Waals surface area contributed by atoms with E-state index in [-0.39, 0.29) is 11.9 Å². The number of aromatic nitrogens is 2. The van der Waals surface area contributed by atoms with Crippen molar-refractivity contribution in [1.29, 1.82) is 0 Å². The zero-order valence-electron chi connectivity index (χ0n) is 15.0. The topological polar surface area (TPSA) is 58.1 Å². The highest BCUT2D eigenvalue weighted by molar-refractivity contribution is 5.92. The molecule has 1 heterocycles. The van der Waals surface area contributed by atoms with Crippen molar-refractivity contribution in [2.75, 3.05) is 4.90 Å². The summed E-state index contributed by atoms with van der Waals surface area (Å²) in [4.78, 5) is 22.9. The molecule has 0 aliphatic rings. The Labute approximate surface area is 153 Å². The fourth-order valence-electron chi connectivity index (χ4n) is 2.59. The SMILES string of the molecule is CC(C)NC(=O)c1cnc(N(Cc2ccccc2)c2ccccc2)cn1. The number of rotatable bonds is 6. The smallest absolute Gasteiger partial charge is 0.271 e. The third-order valence-corrected chi connectivity index (χ3v) is 3.82. The van der Waals surface area contributed by atoms with E-state index in [1.165, 1.54) is 11.8 Å². The van der Waals surface area contributed by atoms with Crippen molar-refractivity contribution in [2.45, 2.75) is 26.4 Å². The number of para-hydroxylation sites is 1. The number of anilines is 2. The number of hydrogen-bond donors (Lipinski definition) is 1. The number of amides is 1. The van der Waals surface area contributed by atoms with E-state index in [9.17, 15) is 4.79 Å². The van der Waals surface area contributed by atoms with E-state index >= 15 is 0 Å². The van der Waals surface area contributed by atoms with Crippen LogP contribution in [0.2, 0.25) is 0 Å². The molecule has 26 heavy (non-hydrogen) atoms. The van der Waals surface area contributed by atoms with Crippen molar-refractivity contribution < 1.29 is 4.79 Å². The van der Waals surface area contributed by atoms with Gasteiger partial charge in [-0.05, 0) is 31.5 Å². The molecular weight excluding hydrogens is 324 g/mol. The van der Waals surface area contributed by atoms with Crippen LogP contribution in [-0.2, 0) is 6.54 Å². The number of carbonyl (C=O) groups excluding carboxylic acids is 1. The minimum atomic E-state index is -0.214. The minimum absolute atomic E-state index is 0.0582. The van der Waals surface area contributed by atoms with Crippen LogP contribution in [0.4, 0.5) is 11.5 Å². The monoisotopic (exact) mass is 346 g/mol. The summed E-state index contributed by atoms with van der Waals surface area (Å²) in [6, 6.07) is 20.3. The molecule has 0 fully saturated rings. The van der Waals surface area contributed by atoms with Gasteiger partial charge in [-0.25, -0.2) is 9.97 Å². The maximum Gasteiger partial charge on any atom is 0.271 e. The predicted octanol–water partition coefficient (Wildman–Crippen LogP) is 3.95. The second-order valence-corrected chi connectivity index (χ2v) is 6.30. The highest BCUT2D eigenvalue weighted by Gasteiger charge is 2.14. The van der Waals surface area contributed by atoms with Gasteiger partial charge in [0.1, 0.15) is 5.69 Å². The van der Waals surface area contributed by atoms with Gasteiger partial charge in [0.05, 0.1) is 12.4 Å². The van der Waals surface area contributed by atoms with Crippen LogP contribution < -0.4 is 10.2 Å². The Hall–Kier alpha value is -3.21. The molecule has 1 N–H and O–H groups in total. The van der Waals surface area contributed by atoms with Gasteiger partial charge in [0, 0.05) is 18.3 Å². The quantitative estimate of drug-likeness (QED) is 0.734. The lowest BCUT2D eigenvalue weighted by Crippen LogP contribution is -2.31. The summed E-state index contributed by atoms with van der Waals surface area (Å²) in [7, 11) is 0. The summed E-state index contributed by atoms with van der Waals surface area (Å²) in [6.07, 6.45) is 3.17. The highest BCUT2D eigenvalue weighted by Crippen LogP contribution is 2.25. The number of hydrogen-bond acceptors (Lipinski definition) is 4. The van der Waals surface area contributed by atoms with E-state index in [0.29, 0.717) is 18.1 Å². The average molecular weight is 346 g/mol. The summed E-state index contributed by atoms with van der Waals surface area (Å²) in [6.45, 7) is 4.49. The van der Waals surface area contributed by atoms with Crippen LogP contribution in [0.1, 0.15) is 29.9 Å². The molecule has 5 nitrogen and oxygen atoms in total. The molecule has 0 saturated carbocycles. The maximum atomic E-state index is 12.1. The van der Waals surface area contributed by atoms with E-state index in [0.717, 1.165) is 5.69 Å². The number of carbonyl (C=O) groups is 1. The summed E-state index contributed by atoms with van der Waals surface area (Å²) in [5, 5.41) is 2.82. The molecule has 0 atom stereocenters. The fraction of sp³-hybridized carbons (Fsp3) is 0.190. The molecule has 0 radical (unpaired) electrons. The van der Waals surface area contributed by atoms with E-state index < -0.39 is 0 Å². The normalized spacial score (nSPS) is 10.6. The molecule has 3 aromatic rings. The van der Waals surface area contributed by atoms with Gasteiger partial charge in [-0.15, -0.1) is 0 Å². The average Bonchev–Trinajstić information content (AvgIpc) is 2.67. The Morgan fingerprint density at radius 3 is 2.19 bits per heavy atom. The van der Waals surface area contributed by atoms with E-state index in [1.807, 2.05) is 62.4 Å². The molecule has 0 spiro atoms. The molecule has 0 aliphatic carbocycles. The largest absolute Gasteiger partial charge is 0.348 e. The van der Waals surface area contributed by atoms with Crippen LogP contribution in [0.25, 0.3) is 0 Å². The molecule has 1 amide bonds. The second kappa shape index (κ2) is 8.25. The Balaban J connectivity index is 1.88. The zero-order valence-corrected chi connectivity index (χ0v) is 15.0. The number of benzene rings is 2. The van der Waals surface area contributed by atoms with Gasteiger partial charge in [-0.3, -0.25) is 4.79 Å². The van der Waals surface area contributed by atoms with E-state index in [4.69, 9.17) is 0 Å². The third-order valence-electron chi connectivity index (χ3n) is 3.82. The zero-order chi connectivity index (χ0) is 18.4. The molecule has 3 rings (SSSR count). The predicted molar refractivity (Wildman–Crippen MR) is 103 cm³/mol. The lowest BCUT2D eigenvalue weighted by molar-refractivity contribution is 0.0937. The molecule has 0 bridgehead atoms. The van der Waals surface area contributed by atoms with Gasteiger partial charge in [-0.2, -0.15) is 0 Å². The number of nitrogens with one attached hydrogen (secondary N) is 1. The summed E-state index contributed by atoms with van der Waals surface area (Å²) in [5.41, 5.74) is 2.50. The van der Waals surface area contributed by atoms with Gasteiger partial charge < -0.3 is 10.2 Å².